The molecular formula is C9H6ClF6N. The van der Waals surface area contributed by atoms with E-state index < -0.39 is 40.6 Å². The van der Waals surface area contributed by atoms with Crippen molar-refractivity contribution in [2.45, 2.75) is 18.9 Å². The molecule has 1 aromatic carbocycles. The second-order valence-electron chi connectivity index (χ2n) is 3.18. The summed E-state index contributed by atoms with van der Waals surface area (Å²) in [5, 5.41) is -0.637. The highest BCUT2D eigenvalue weighted by Gasteiger charge is 2.40. The Balaban J connectivity index is 3.58. The van der Waals surface area contributed by atoms with Crippen LogP contribution in [0.5, 0.6) is 0 Å². The van der Waals surface area contributed by atoms with Crippen molar-refractivity contribution in [1.82, 2.24) is 0 Å². The van der Waals surface area contributed by atoms with Gasteiger partial charge in [-0.05, 0) is 17.7 Å². The molecule has 17 heavy (non-hydrogen) atoms. The summed E-state index contributed by atoms with van der Waals surface area (Å²) >= 11 is 5.25. The molecule has 0 amide bonds. The lowest BCUT2D eigenvalue weighted by Crippen LogP contribution is -2.18. The summed E-state index contributed by atoms with van der Waals surface area (Å²) < 4.78 is 75.0. The fourth-order valence-electron chi connectivity index (χ4n) is 1.36. The van der Waals surface area contributed by atoms with E-state index in [0.717, 1.165) is 0 Å². The zero-order valence-electron chi connectivity index (χ0n) is 8.08. The van der Waals surface area contributed by atoms with Crippen LogP contribution in [0.25, 0.3) is 0 Å². The molecule has 1 nitrogen and oxygen atoms in total. The Hall–Kier alpha value is -0.950. The molecule has 0 atom stereocenters. The van der Waals surface area contributed by atoms with Crippen molar-refractivity contribution in [2.75, 3.05) is 0 Å². The largest absolute Gasteiger partial charge is 0.416 e. The zero-order valence-corrected chi connectivity index (χ0v) is 8.84. The third-order valence-corrected chi connectivity index (χ3v) is 2.25. The lowest BCUT2D eigenvalue weighted by Gasteiger charge is -2.18. The molecular weight excluding hydrogens is 272 g/mol. The summed E-state index contributed by atoms with van der Waals surface area (Å²) in [6, 6.07) is 0.859. The Labute approximate surface area is 97.2 Å². The minimum Gasteiger partial charge on any atom is -0.326 e. The average Bonchev–Trinajstić information content (AvgIpc) is 2.13. The molecule has 0 bridgehead atoms. The van der Waals surface area contributed by atoms with Crippen molar-refractivity contribution >= 4 is 11.6 Å². The van der Waals surface area contributed by atoms with Gasteiger partial charge in [0.25, 0.3) is 0 Å². The number of halogens is 7. The molecule has 0 saturated heterocycles. The molecule has 1 rings (SSSR count). The van der Waals surface area contributed by atoms with E-state index in [1.807, 2.05) is 0 Å². The van der Waals surface area contributed by atoms with Gasteiger partial charge in [0.2, 0.25) is 0 Å². The van der Waals surface area contributed by atoms with Crippen LogP contribution in [0, 0.1) is 0 Å². The monoisotopic (exact) mass is 277 g/mol. The van der Waals surface area contributed by atoms with Gasteiger partial charge in [-0.15, -0.1) is 0 Å². The predicted molar refractivity (Wildman–Crippen MR) is 49.3 cm³/mol. The molecule has 0 aliphatic rings. The van der Waals surface area contributed by atoms with Gasteiger partial charge in [-0.2, -0.15) is 26.3 Å². The van der Waals surface area contributed by atoms with E-state index in [1.165, 1.54) is 0 Å². The van der Waals surface area contributed by atoms with Crippen LogP contribution >= 0.6 is 11.6 Å². The molecule has 0 saturated carbocycles. The first kappa shape index (κ1) is 14.1. The number of nitrogens with two attached hydrogens (primary N) is 1. The van der Waals surface area contributed by atoms with Crippen molar-refractivity contribution in [3.63, 3.8) is 0 Å². The second-order valence-corrected chi connectivity index (χ2v) is 3.62. The first-order chi connectivity index (χ1) is 7.57. The zero-order chi connectivity index (χ0) is 13.4. The van der Waals surface area contributed by atoms with Gasteiger partial charge >= 0.3 is 12.4 Å². The molecule has 0 aliphatic carbocycles. The second kappa shape index (κ2) is 4.38. The SMILES string of the molecule is NCc1c(C(F)(F)F)cc(Cl)cc1C(F)(F)F. The number of rotatable bonds is 1. The molecule has 8 heteroatoms. The van der Waals surface area contributed by atoms with Crippen molar-refractivity contribution in [3.05, 3.63) is 33.8 Å². The quantitative estimate of drug-likeness (QED) is 0.776. The van der Waals surface area contributed by atoms with Crippen LogP contribution in [0.1, 0.15) is 16.7 Å². The first-order valence-corrected chi connectivity index (χ1v) is 4.62. The maximum Gasteiger partial charge on any atom is 0.416 e. The molecule has 0 aromatic heterocycles. The van der Waals surface area contributed by atoms with Gasteiger partial charge in [0.15, 0.2) is 0 Å². The Morgan fingerprint density at radius 2 is 1.29 bits per heavy atom. The van der Waals surface area contributed by atoms with Crippen LogP contribution in [-0.2, 0) is 18.9 Å². The van der Waals surface area contributed by atoms with E-state index in [2.05, 4.69) is 0 Å². The molecule has 0 aliphatic heterocycles. The minimum atomic E-state index is -4.93. The molecule has 0 spiro atoms. The molecule has 2 N–H and O–H groups in total. The van der Waals surface area contributed by atoms with E-state index in [0.29, 0.717) is 12.1 Å². The van der Waals surface area contributed by atoms with Gasteiger partial charge in [0.1, 0.15) is 0 Å². The minimum absolute atomic E-state index is 0.430. The number of hydrogen-bond acceptors (Lipinski definition) is 1. The topological polar surface area (TPSA) is 26.0 Å². The van der Waals surface area contributed by atoms with Crippen molar-refractivity contribution in [2.24, 2.45) is 5.73 Å². The lowest BCUT2D eigenvalue weighted by atomic mass is 10.00. The summed E-state index contributed by atoms with van der Waals surface area (Å²) in [6.07, 6.45) is -9.86. The molecule has 0 radical (unpaired) electrons. The van der Waals surface area contributed by atoms with Crippen LogP contribution in [0.3, 0.4) is 0 Å². The summed E-state index contributed by atoms with van der Waals surface area (Å²) in [6.45, 7) is -0.874. The number of hydrogen-bond donors (Lipinski definition) is 1. The Morgan fingerprint density at radius 3 is 1.53 bits per heavy atom. The number of alkyl halides is 6. The van der Waals surface area contributed by atoms with Crippen molar-refractivity contribution in [1.29, 1.82) is 0 Å². The van der Waals surface area contributed by atoms with Gasteiger partial charge in [-0.25, -0.2) is 0 Å². The summed E-state index contributed by atoms with van der Waals surface area (Å²) in [4.78, 5) is 0. The average molecular weight is 278 g/mol. The van der Waals surface area contributed by atoms with Crippen LogP contribution in [0.4, 0.5) is 26.3 Å². The van der Waals surface area contributed by atoms with Gasteiger partial charge in [0, 0.05) is 11.6 Å². The van der Waals surface area contributed by atoms with Gasteiger partial charge < -0.3 is 5.73 Å². The van der Waals surface area contributed by atoms with Crippen LogP contribution in [0.15, 0.2) is 12.1 Å². The third-order valence-electron chi connectivity index (χ3n) is 2.03. The van der Waals surface area contributed by atoms with Gasteiger partial charge in [-0.1, -0.05) is 11.6 Å². The van der Waals surface area contributed by atoms with Crippen LogP contribution in [-0.4, -0.2) is 0 Å². The molecule has 1 aromatic rings. The normalized spacial score (nSPS) is 12.9. The highest BCUT2D eigenvalue weighted by atomic mass is 35.5. The number of benzene rings is 1. The Kier molecular flexibility index (Phi) is 3.63. The maximum absolute atomic E-state index is 12.5. The smallest absolute Gasteiger partial charge is 0.326 e. The molecule has 0 unspecified atom stereocenters. The first-order valence-electron chi connectivity index (χ1n) is 4.24. The van der Waals surface area contributed by atoms with Crippen molar-refractivity contribution < 1.29 is 26.3 Å². The highest BCUT2D eigenvalue weighted by Crippen LogP contribution is 2.40. The summed E-state index contributed by atoms with van der Waals surface area (Å²) in [5.74, 6) is 0. The van der Waals surface area contributed by atoms with Crippen LogP contribution in [0.2, 0.25) is 5.02 Å². The summed E-state index contributed by atoms with van der Waals surface area (Å²) in [5.41, 5.74) is 1.03. The van der Waals surface area contributed by atoms with Crippen LogP contribution < -0.4 is 5.73 Å². The van der Waals surface area contributed by atoms with E-state index >= 15 is 0 Å². The fourth-order valence-corrected chi connectivity index (χ4v) is 1.58. The predicted octanol–water partition coefficient (Wildman–Crippen LogP) is 3.84. The maximum atomic E-state index is 12.5. The molecule has 0 heterocycles. The fraction of sp³-hybridized carbons (Fsp3) is 0.333. The molecule has 0 fully saturated rings. The van der Waals surface area contributed by atoms with E-state index in [9.17, 15) is 26.3 Å². The van der Waals surface area contributed by atoms with E-state index in [4.69, 9.17) is 17.3 Å². The van der Waals surface area contributed by atoms with Gasteiger partial charge in [-0.3, -0.25) is 0 Å². The van der Waals surface area contributed by atoms with Crippen molar-refractivity contribution in [3.8, 4) is 0 Å². The van der Waals surface area contributed by atoms with E-state index in [-0.39, 0.29) is 0 Å². The lowest BCUT2D eigenvalue weighted by molar-refractivity contribution is -0.144. The molecule has 96 valence electrons. The van der Waals surface area contributed by atoms with Gasteiger partial charge in [0.05, 0.1) is 11.1 Å². The Morgan fingerprint density at radius 1 is 0.941 bits per heavy atom. The van der Waals surface area contributed by atoms with E-state index in [1.54, 1.807) is 0 Å². The summed E-state index contributed by atoms with van der Waals surface area (Å²) in [7, 11) is 0. The standard InChI is InChI=1S/C9H6ClF6N/c10-4-1-6(8(11,12)13)5(3-17)7(2-4)9(14,15)16/h1-2H,3,17H2. The highest BCUT2D eigenvalue weighted by molar-refractivity contribution is 6.30. The Bertz CT molecular complexity index is 387. The third kappa shape index (κ3) is 3.04.